The molecule has 1 aromatic rings. The molecule has 0 radical (unpaired) electrons. The topological polar surface area (TPSA) is 74.8 Å². The number of rotatable bonds is 4. The van der Waals surface area contributed by atoms with E-state index in [4.69, 9.17) is 0 Å². The van der Waals surface area contributed by atoms with Gasteiger partial charge in [-0.1, -0.05) is 12.1 Å². The van der Waals surface area contributed by atoms with Gasteiger partial charge < -0.3 is 0 Å². The number of piperazine rings is 1. The van der Waals surface area contributed by atoms with Crippen LogP contribution in [0.15, 0.2) is 33.6 Å². The fourth-order valence-corrected chi connectivity index (χ4v) is 5.63. The van der Waals surface area contributed by atoms with Crippen LogP contribution >= 0.6 is 15.9 Å². The molecule has 0 bridgehead atoms. The van der Waals surface area contributed by atoms with Crippen molar-refractivity contribution >= 4 is 36.0 Å². The second kappa shape index (κ2) is 6.33. The van der Waals surface area contributed by atoms with Crippen molar-refractivity contribution in [3.63, 3.8) is 0 Å². The summed E-state index contributed by atoms with van der Waals surface area (Å²) >= 11 is 3.24. The van der Waals surface area contributed by atoms with Gasteiger partial charge in [-0.25, -0.2) is 16.8 Å². The molecule has 0 amide bonds. The summed E-state index contributed by atoms with van der Waals surface area (Å²) in [5.74, 6) is 0.0317. The Kier molecular flexibility index (Phi) is 5.09. The Labute approximate surface area is 134 Å². The molecular weight excluding hydrogens is 380 g/mol. The lowest BCUT2D eigenvalue weighted by Gasteiger charge is -2.33. The van der Waals surface area contributed by atoms with E-state index >= 15 is 0 Å². The van der Waals surface area contributed by atoms with Gasteiger partial charge in [0.25, 0.3) is 0 Å². The van der Waals surface area contributed by atoms with Crippen LogP contribution in [0.2, 0.25) is 0 Å². The second-order valence-electron chi connectivity index (χ2n) is 4.63. The standard InChI is InChI=1S/C12H17BrN2O4S2/c1-2-20(16,17)14-7-9-15(10-8-14)21(18,19)12-6-4-3-5-11(12)13/h3-6H,2,7-10H2,1H3. The minimum Gasteiger partial charge on any atom is -0.212 e. The average Bonchev–Trinajstić information content (AvgIpc) is 2.47. The van der Waals surface area contributed by atoms with Crippen LogP contribution in [0.3, 0.4) is 0 Å². The summed E-state index contributed by atoms with van der Waals surface area (Å²) in [5, 5.41) is 0. The molecule has 1 aromatic carbocycles. The third-order valence-corrected chi connectivity index (χ3v) is 8.20. The Morgan fingerprint density at radius 2 is 1.52 bits per heavy atom. The summed E-state index contributed by atoms with van der Waals surface area (Å²) < 4.78 is 51.9. The Bertz CT molecular complexity index is 711. The number of sulfonamides is 2. The maximum atomic E-state index is 12.6. The van der Waals surface area contributed by atoms with Crippen molar-refractivity contribution < 1.29 is 16.8 Å². The molecule has 1 heterocycles. The van der Waals surface area contributed by atoms with Gasteiger partial charge in [0, 0.05) is 30.7 Å². The van der Waals surface area contributed by atoms with Crippen LogP contribution in [0.1, 0.15) is 6.92 Å². The van der Waals surface area contributed by atoms with E-state index in [2.05, 4.69) is 15.9 Å². The summed E-state index contributed by atoms with van der Waals surface area (Å²) in [7, 11) is -6.86. The molecule has 1 fully saturated rings. The van der Waals surface area contributed by atoms with Gasteiger partial charge in [0.1, 0.15) is 0 Å². The second-order valence-corrected chi connectivity index (χ2v) is 9.65. The van der Waals surface area contributed by atoms with E-state index in [9.17, 15) is 16.8 Å². The van der Waals surface area contributed by atoms with E-state index in [0.29, 0.717) is 4.47 Å². The lowest BCUT2D eigenvalue weighted by atomic mass is 10.4. The molecule has 1 aliphatic rings. The number of nitrogens with zero attached hydrogens (tertiary/aromatic N) is 2. The highest BCUT2D eigenvalue weighted by molar-refractivity contribution is 9.10. The predicted octanol–water partition coefficient (Wildman–Crippen LogP) is 1.11. The highest BCUT2D eigenvalue weighted by Crippen LogP contribution is 2.25. The average molecular weight is 397 g/mol. The molecule has 0 atom stereocenters. The van der Waals surface area contributed by atoms with E-state index < -0.39 is 20.0 Å². The minimum atomic E-state index is -3.60. The Hall–Kier alpha value is -0.480. The molecule has 21 heavy (non-hydrogen) atoms. The van der Waals surface area contributed by atoms with Gasteiger partial charge in [-0.2, -0.15) is 8.61 Å². The van der Waals surface area contributed by atoms with Gasteiger partial charge in [-0.05, 0) is 35.0 Å². The van der Waals surface area contributed by atoms with Crippen molar-refractivity contribution in [1.29, 1.82) is 0 Å². The van der Waals surface area contributed by atoms with E-state index in [-0.39, 0.29) is 36.8 Å². The first-order chi connectivity index (χ1) is 9.79. The van der Waals surface area contributed by atoms with Gasteiger partial charge in [-0.3, -0.25) is 0 Å². The summed E-state index contributed by atoms with van der Waals surface area (Å²) in [5.41, 5.74) is 0. The van der Waals surface area contributed by atoms with E-state index in [1.54, 1.807) is 25.1 Å². The molecule has 118 valence electrons. The zero-order chi connectivity index (χ0) is 15.7. The molecule has 1 aliphatic heterocycles. The molecule has 2 rings (SSSR count). The third-order valence-electron chi connectivity index (χ3n) is 3.41. The van der Waals surface area contributed by atoms with E-state index in [0.717, 1.165) is 0 Å². The van der Waals surface area contributed by atoms with Crippen molar-refractivity contribution in [3.05, 3.63) is 28.7 Å². The molecule has 0 spiro atoms. The van der Waals surface area contributed by atoms with Crippen LogP contribution in [-0.2, 0) is 20.0 Å². The summed E-state index contributed by atoms with van der Waals surface area (Å²) in [6.07, 6.45) is 0. The van der Waals surface area contributed by atoms with Crippen molar-refractivity contribution in [2.45, 2.75) is 11.8 Å². The molecule has 0 saturated carbocycles. The molecule has 0 aliphatic carbocycles. The van der Waals surface area contributed by atoms with Gasteiger partial charge in [0.05, 0.1) is 10.6 Å². The number of hydrogen-bond acceptors (Lipinski definition) is 4. The minimum absolute atomic E-state index is 0.0317. The van der Waals surface area contributed by atoms with Crippen LogP contribution < -0.4 is 0 Å². The highest BCUT2D eigenvalue weighted by atomic mass is 79.9. The van der Waals surface area contributed by atoms with Crippen molar-refractivity contribution in [2.75, 3.05) is 31.9 Å². The van der Waals surface area contributed by atoms with Gasteiger partial charge in [0.15, 0.2) is 0 Å². The highest BCUT2D eigenvalue weighted by Gasteiger charge is 2.32. The van der Waals surface area contributed by atoms with Gasteiger partial charge >= 0.3 is 0 Å². The molecule has 1 saturated heterocycles. The van der Waals surface area contributed by atoms with Crippen molar-refractivity contribution in [1.82, 2.24) is 8.61 Å². The van der Waals surface area contributed by atoms with Gasteiger partial charge in [0.2, 0.25) is 20.0 Å². The van der Waals surface area contributed by atoms with Crippen LogP contribution in [0.4, 0.5) is 0 Å². The fourth-order valence-electron chi connectivity index (χ4n) is 2.16. The van der Waals surface area contributed by atoms with Crippen LogP contribution in [0.5, 0.6) is 0 Å². The number of benzene rings is 1. The van der Waals surface area contributed by atoms with Crippen LogP contribution in [-0.4, -0.2) is 57.4 Å². The number of hydrogen-bond donors (Lipinski definition) is 0. The first-order valence-electron chi connectivity index (χ1n) is 6.51. The molecule has 0 aromatic heterocycles. The lowest BCUT2D eigenvalue weighted by molar-refractivity contribution is 0.273. The normalized spacial score (nSPS) is 18.8. The number of halogens is 1. The monoisotopic (exact) mass is 396 g/mol. The third kappa shape index (κ3) is 3.48. The first-order valence-corrected chi connectivity index (χ1v) is 10.4. The molecule has 6 nitrogen and oxygen atoms in total. The molecule has 0 N–H and O–H groups in total. The Morgan fingerprint density at radius 3 is 2.05 bits per heavy atom. The predicted molar refractivity (Wildman–Crippen MR) is 83.9 cm³/mol. The molecular formula is C12H17BrN2O4S2. The first kappa shape index (κ1) is 16.9. The maximum absolute atomic E-state index is 12.6. The Balaban J connectivity index is 2.18. The van der Waals surface area contributed by atoms with E-state index in [1.807, 2.05) is 0 Å². The van der Waals surface area contributed by atoms with Crippen LogP contribution in [0.25, 0.3) is 0 Å². The zero-order valence-electron chi connectivity index (χ0n) is 11.6. The molecule has 9 heteroatoms. The van der Waals surface area contributed by atoms with Crippen molar-refractivity contribution in [3.8, 4) is 0 Å². The SMILES string of the molecule is CCS(=O)(=O)N1CCN(S(=O)(=O)c2ccccc2Br)CC1. The molecule has 0 unspecified atom stereocenters. The smallest absolute Gasteiger partial charge is 0.212 e. The largest absolute Gasteiger partial charge is 0.244 e. The summed E-state index contributed by atoms with van der Waals surface area (Å²) in [6, 6.07) is 6.61. The van der Waals surface area contributed by atoms with Crippen molar-refractivity contribution in [2.24, 2.45) is 0 Å². The summed E-state index contributed by atoms with van der Waals surface area (Å²) in [4.78, 5) is 0.205. The van der Waals surface area contributed by atoms with Crippen LogP contribution in [0, 0.1) is 0 Å². The summed E-state index contributed by atoms with van der Waals surface area (Å²) in [6.45, 7) is 2.31. The quantitative estimate of drug-likeness (QED) is 0.763. The van der Waals surface area contributed by atoms with E-state index in [1.165, 1.54) is 14.7 Å². The fraction of sp³-hybridized carbons (Fsp3) is 0.500. The lowest BCUT2D eigenvalue weighted by Crippen LogP contribution is -2.50. The van der Waals surface area contributed by atoms with Gasteiger partial charge in [-0.15, -0.1) is 0 Å². The maximum Gasteiger partial charge on any atom is 0.244 e. The Morgan fingerprint density at radius 1 is 1.00 bits per heavy atom. The zero-order valence-corrected chi connectivity index (χ0v) is 14.8.